The van der Waals surface area contributed by atoms with Gasteiger partial charge in [-0.1, -0.05) is 12.1 Å². The van der Waals surface area contributed by atoms with Crippen molar-refractivity contribution in [2.45, 2.75) is 39.3 Å². The van der Waals surface area contributed by atoms with Crippen molar-refractivity contribution in [1.29, 1.82) is 0 Å². The Morgan fingerprint density at radius 1 is 1.47 bits per heavy atom. The number of nitrogens with zero attached hydrogens (tertiary/aromatic N) is 4. The second-order valence-corrected chi connectivity index (χ2v) is 3.88. The molecular weight excluding hydrogens is 218 g/mol. The zero-order chi connectivity index (χ0) is 12.3. The molecule has 2 heterocycles. The first-order valence-electron chi connectivity index (χ1n) is 5.84. The van der Waals surface area contributed by atoms with Crippen molar-refractivity contribution in [1.82, 2.24) is 19.7 Å². The van der Waals surface area contributed by atoms with E-state index in [2.05, 4.69) is 22.0 Å². The highest BCUT2D eigenvalue weighted by molar-refractivity contribution is 5.14. The Labute approximate surface area is 99.8 Å². The molecule has 2 aromatic heterocycles. The highest BCUT2D eigenvalue weighted by atomic mass is 16.5. The van der Waals surface area contributed by atoms with Crippen molar-refractivity contribution in [3.63, 3.8) is 0 Å². The lowest BCUT2D eigenvalue weighted by atomic mass is 10.2. The molecule has 0 saturated heterocycles. The minimum atomic E-state index is -0.383. The molecule has 17 heavy (non-hydrogen) atoms. The number of hydrogen-bond acceptors (Lipinski definition) is 5. The summed E-state index contributed by atoms with van der Waals surface area (Å²) in [6.07, 6.45) is 5.25. The largest absolute Gasteiger partial charge is 0.339 e. The Hall–Kier alpha value is -1.69. The monoisotopic (exact) mass is 235 g/mol. The van der Waals surface area contributed by atoms with Crippen molar-refractivity contribution in [2.24, 2.45) is 5.73 Å². The second kappa shape index (κ2) is 5.09. The molecule has 2 N–H and O–H groups in total. The van der Waals surface area contributed by atoms with E-state index in [1.807, 2.05) is 11.5 Å². The lowest BCUT2D eigenvalue weighted by Gasteiger charge is -2.09. The van der Waals surface area contributed by atoms with E-state index < -0.39 is 0 Å². The lowest BCUT2D eigenvalue weighted by Crippen LogP contribution is -2.17. The first kappa shape index (κ1) is 11.8. The van der Waals surface area contributed by atoms with Gasteiger partial charge >= 0.3 is 0 Å². The summed E-state index contributed by atoms with van der Waals surface area (Å²) in [6.45, 7) is 4.93. The normalized spacial score (nSPS) is 12.9. The second-order valence-electron chi connectivity index (χ2n) is 3.88. The quantitative estimate of drug-likeness (QED) is 0.844. The predicted molar refractivity (Wildman–Crippen MR) is 62.2 cm³/mol. The van der Waals surface area contributed by atoms with Gasteiger partial charge < -0.3 is 14.8 Å². The average molecular weight is 235 g/mol. The van der Waals surface area contributed by atoms with Gasteiger partial charge in [-0.2, -0.15) is 4.98 Å². The molecule has 0 radical (unpaired) electrons. The Bertz CT molecular complexity index is 476. The summed E-state index contributed by atoms with van der Waals surface area (Å²) in [6, 6.07) is -0.383. The lowest BCUT2D eigenvalue weighted by molar-refractivity contribution is 0.370. The first-order chi connectivity index (χ1) is 8.26. The Kier molecular flexibility index (Phi) is 3.53. The van der Waals surface area contributed by atoms with Gasteiger partial charge in [-0.05, 0) is 13.3 Å². The molecule has 2 aromatic rings. The molecule has 0 aromatic carbocycles. The summed E-state index contributed by atoms with van der Waals surface area (Å²) in [4.78, 5) is 8.37. The number of aryl methyl sites for hydroxylation is 2. The average Bonchev–Trinajstić information content (AvgIpc) is 2.96. The minimum absolute atomic E-state index is 0.383. The van der Waals surface area contributed by atoms with Crippen molar-refractivity contribution in [3.8, 4) is 0 Å². The van der Waals surface area contributed by atoms with Crippen molar-refractivity contribution < 1.29 is 4.52 Å². The van der Waals surface area contributed by atoms with Crippen LogP contribution in [0.5, 0.6) is 0 Å². The van der Waals surface area contributed by atoms with E-state index in [0.717, 1.165) is 25.1 Å². The molecule has 1 unspecified atom stereocenters. The Morgan fingerprint density at radius 3 is 3.00 bits per heavy atom. The summed E-state index contributed by atoms with van der Waals surface area (Å²) in [5.41, 5.74) is 7.00. The Morgan fingerprint density at radius 2 is 2.29 bits per heavy atom. The van der Waals surface area contributed by atoms with Crippen LogP contribution < -0.4 is 5.73 Å². The molecule has 0 saturated carbocycles. The fraction of sp³-hybridized carbons (Fsp3) is 0.545. The number of imidazole rings is 1. The van der Waals surface area contributed by atoms with Crippen molar-refractivity contribution in [2.75, 3.05) is 0 Å². The fourth-order valence-electron chi connectivity index (χ4n) is 1.70. The molecule has 0 spiro atoms. The standard InChI is InChI=1S/C11H17N5O/c1-3-5-9-14-11(15-17-9)10(12)8-6-13-7-16(8)4-2/h6-7,10H,3-5,12H2,1-2H3. The zero-order valence-corrected chi connectivity index (χ0v) is 10.1. The van der Waals surface area contributed by atoms with Gasteiger partial charge in [-0.25, -0.2) is 4.98 Å². The molecule has 6 nitrogen and oxygen atoms in total. The van der Waals surface area contributed by atoms with Crippen LogP contribution in [-0.2, 0) is 13.0 Å². The molecule has 0 fully saturated rings. The smallest absolute Gasteiger partial charge is 0.226 e. The number of nitrogens with two attached hydrogens (primary N) is 1. The number of rotatable bonds is 5. The van der Waals surface area contributed by atoms with Gasteiger partial charge in [0.15, 0.2) is 5.82 Å². The minimum Gasteiger partial charge on any atom is -0.339 e. The van der Waals surface area contributed by atoms with Gasteiger partial charge in [-0.3, -0.25) is 0 Å². The van der Waals surface area contributed by atoms with E-state index in [0.29, 0.717) is 11.7 Å². The van der Waals surface area contributed by atoms with Crippen LogP contribution in [0.1, 0.15) is 43.7 Å². The highest BCUT2D eigenvalue weighted by Crippen LogP contribution is 2.16. The molecule has 6 heteroatoms. The van der Waals surface area contributed by atoms with Gasteiger partial charge in [0.25, 0.3) is 0 Å². The van der Waals surface area contributed by atoms with Crippen LogP contribution in [0.2, 0.25) is 0 Å². The van der Waals surface area contributed by atoms with Gasteiger partial charge in [0.1, 0.15) is 6.04 Å². The molecule has 0 aliphatic rings. The fourth-order valence-corrected chi connectivity index (χ4v) is 1.70. The van der Waals surface area contributed by atoms with E-state index in [1.165, 1.54) is 0 Å². The van der Waals surface area contributed by atoms with Crippen LogP contribution >= 0.6 is 0 Å². The maximum atomic E-state index is 6.10. The van der Waals surface area contributed by atoms with E-state index in [-0.39, 0.29) is 6.04 Å². The van der Waals surface area contributed by atoms with E-state index >= 15 is 0 Å². The number of hydrogen-bond donors (Lipinski definition) is 1. The van der Waals surface area contributed by atoms with Gasteiger partial charge in [-0.15, -0.1) is 0 Å². The third-order valence-electron chi connectivity index (χ3n) is 2.63. The molecular formula is C11H17N5O. The summed E-state index contributed by atoms with van der Waals surface area (Å²) in [7, 11) is 0. The molecule has 0 aliphatic carbocycles. The Balaban J connectivity index is 2.21. The van der Waals surface area contributed by atoms with E-state index in [9.17, 15) is 0 Å². The molecule has 92 valence electrons. The third-order valence-corrected chi connectivity index (χ3v) is 2.63. The van der Waals surface area contributed by atoms with Crippen LogP contribution in [-0.4, -0.2) is 19.7 Å². The molecule has 0 aliphatic heterocycles. The zero-order valence-electron chi connectivity index (χ0n) is 10.1. The van der Waals surface area contributed by atoms with Crippen LogP contribution in [0.25, 0.3) is 0 Å². The summed E-state index contributed by atoms with van der Waals surface area (Å²) < 4.78 is 7.10. The summed E-state index contributed by atoms with van der Waals surface area (Å²) in [5, 5.41) is 3.91. The highest BCUT2D eigenvalue weighted by Gasteiger charge is 2.19. The van der Waals surface area contributed by atoms with Crippen LogP contribution in [0.3, 0.4) is 0 Å². The van der Waals surface area contributed by atoms with Crippen molar-refractivity contribution >= 4 is 0 Å². The van der Waals surface area contributed by atoms with Gasteiger partial charge in [0, 0.05) is 13.0 Å². The maximum absolute atomic E-state index is 6.10. The van der Waals surface area contributed by atoms with Gasteiger partial charge in [0.2, 0.25) is 5.89 Å². The SMILES string of the molecule is CCCc1nc(C(N)c2cncn2CC)no1. The number of aromatic nitrogens is 4. The third kappa shape index (κ3) is 2.36. The summed E-state index contributed by atoms with van der Waals surface area (Å²) in [5.74, 6) is 1.16. The molecule has 0 bridgehead atoms. The summed E-state index contributed by atoms with van der Waals surface area (Å²) >= 11 is 0. The first-order valence-corrected chi connectivity index (χ1v) is 5.84. The van der Waals surface area contributed by atoms with Crippen LogP contribution in [0.4, 0.5) is 0 Å². The van der Waals surface area contributed by atoms with Crippen LogP contribution in [0.15, 0.2) is 17.0 Å². The molecule has 0 amide bonds. The predicted octanol–water partition coefficient (Wildman–Crippen LogP) is 1.29. The molecule has 2 rings (SSSR count). The molecule has 1 atom stereocenters. The van der Waals surface area contributed by atoms with E-state index in [4.69, 9.17) is 10.3 Å². The van der Waals surface area contributed by atoms with Crippen molar-refractivity contribution in [3.05, 3.63) is 29.9 Å². The van der Waals surface area contributed by atoms with Crippen LogP contribution in [0, 0.1) is 0 Å². The van der Waals surface area contributed by atoms with Gasteiger partial charge in [0.05, 0.1) is 18.2 Å². The maximum Gasteiger partial charge on any atom is 0.226 e. The van der Waals surface area contributed by atoms with E-state index in [1.54, 1.807) is 12.5 Å². The topological polar surface area (TPSA) is 82.8 Å².